The standard InChI is InChI=1S/C15H21NO2/c1-10(2)11(3)18-15(17)14-6-4-5-12-9-16-8-7-13(12)14/h4-6,10-11,16H,7-9H2,1-3H3. The van der Waals surface area contributed by atoms with Crippen LogP contribution in [0.5, 0.6) is 0 Å². The second kappa shape index (κ2) is 5.53. The summed E-state index contributed by atoms with van der Waals surface area (Å²) in [4.78, 5) is 12.2. The van der Waals surface area contributed by atoms with Gasteiger partial charge in [-0.05, 0) is 43.0 Å². The van der Waals surface area contributed by atoms with E-state index in [1.165, 1.54) is 5.56 Å². The van der Waals surface area contributed by atoms with Crippen LogP contribution < -0.4 is 5.32 Å². The molecule has 98 valence electrons. The Morgan fingerprint density at radius 3 is 2.83 bits per heavy atom. The molecular weight excluding hydrogens is 226 g/mol. The van der Waals surface area contributed by atoms with Gasteiger partial charge in [0.05, 0.1) is 5.56 Å². The highest BCUT2D eigenvalue weighted by molar-refractivity contribution is 5.91. The van der Waals surface area contributed by atoms with Gasteiger partial charge in [-0.25, -0.2) is 4.79 Å². The van der Waals surface area contributed by atoms with Crippen LogP contribution >= 0.6 is 0 Å². The molecule has 0 bridgehead atoms. The second-order valence-corrected chi connectivity index (χ2v) is 5.22. The number of ether oxygens (including phenoxy) is 1. The molecule has 3 nitrogen and oxygen atoms in total. The summed E-state index contributed by atoms with van der Waals surface area (Å²) in [5, 5.41) is 3.31. The monoisotopic (exact) mass is 247 g/mol. The van der Waals surface area contributed by atoms with Crippen molar-refractivity contribution in [1.29, 1.82) is 0 Å². The van der Waals surface area contributed by atoms with E-state index in [0.29, 0.717) is 5.92 Å². The first-order valence-corrected chi connectivity index (χ1v) is 6.62. The molecule has 0 aliphatic carbocycles. The Morgan fingerprint density at radius 2 is 2.11 bits per heavy atom. The number of hydrogen-bond acceptors (Lipinski definition) is 3. The first-order chi connectivity index (χ1) is 8.59. The van der Waals surface area contributed by atoms with Crippen LogP contribution in [0.15, 0.2) is 18.2 Å². The molecule has 0 radical (unpaired) electrons. The largest absolute Gasteiger partial charge is 0.459 e. The van der Waals surface area contributed by atoms with E-state index in [1.54, 1.807) is 0 Å². The summed E-state index contributed by atoms with van der Waals surface area (Å²) in [6.07, 6.45) is 0.853. The van der Waals surface area contributed by atoms with Crippen LogP contribution in [0, 0.1) is 5.92 Å². The topological polar surface area (TPSA) is 38.3 Å². The molecule has 1 aromatic rings. The van der Waals surface area contributed by atoms with Gasteiger partial charge in [-0.15, -0.1) is 0 Å². The summed E-state index contributed by atoms with van der Waals surface area (Å²) in [6.45, 7) is 7.83. The van der Waals surface area contributed by atoms with Crippen molar-refractivity contribution in [1.82, 2.24) is 5.32 Å². The summed E-state index contributed by atoms with van der Waals surface area (Å²) in [7, 11) is 0. The third-order valence-corrected chi connectivity index (χ3v) is 3.59. The fourth-order valence-corrected chi connectivity index (χ4v) is 2.09. The Bertz CT molecular complexity index is 440. The summed E-state index contributed by atoms with van der Waals surface area (Å²) in [6, 6.07) is 5.88. The lowest BCUT2D eigenvalue weighted by Gasteiger charge is -2.21. The lowest BCUT2D eigenvalue weighted by atomic mass is 9.95. The zero-order chi connectivity index (χ0) is 13.1. The van der Waals surface area contributed by atoms with Gasteiger partial charge in [-0.1, -0.05) is 26.0 Å². The number of carbonyl (C=O) groups excluding carboxylic acids is 1. The van der Waals surface area contributed by atoms with E-state index < -0.39 is 0 Å². The fraction of sp³-hybridized carbons (Fsp3) is 0.533. The minimum absolute atomic E-state index is 0.0462. The normalized spacial score (nSPS) is 16.2. The average Bonchev–Trinajstić information content (AvgIpc) is 2.37. The number of esters is 1. The van der Waals surface area contributed by atoms with E-state index in [1.807, 2.05) is 19.1 Å². The molecule has 2 rings (SSSR count). The molecule has 0 spiro atoms. The number of nitrogens with one attached hydrogen (secondary N) is 1. The van der Waals surface area contributed by atoms with E-state index in [9.17, 15) is 4.79 Å². The fourth-order valence-electron chi connectivity index (χ4n) is 2.09. The van der Waals surface area contributed by atoms with Gasteiger partial charge in [-0.2, -0.15) is 0 Å². The van der Waals surface area contributed by atoms with Crippen molar-refractivity contribution in [2.75, 3.05) is 6.54 Å². The minimum Gasteiger partial charge on any atom is -0.459 e. The predicted octanol–water partition coefficient (Wildman–Crippen LogP) is 2.53. The zero-order valence-electron chi connectivity index (χ0n) is 11.3. The predicted molar refractivity (Wildman–Crippen MR) is 71.6 cm³/mol. The molecular formula is C15H21NO2. The smallest absolute Gasteiger partial charge is 0.338 e. The molecule has 0 saturated heterocycles. The van der Waals surface area contributed by atoms with Gasteiger partial charge in [0.2, 0.25) is 0 Å². The molecule has 1 unspecified atom stereocenters. The van der Waals surface area contributed by atoms with Gasteiger partial charge >= 0.3 is 5.97 Å². The molecule has 0 aromatic heterocycles. The van der Waals surface area contributed by atoms with E-state index >= 15 is 0 Å². The maximum atomic E-state index is 12.2. The maximum Gasteiger partial charge on any atom is 0.338 e. The lowest BCUT2D eigenvalue weighted by Crippen LogP contribution is -2.27. The Morgan fingerprint density at radius 1 is 1.33 bits per heavy atom. The Kier molecular flexibility index (Phi) is 4.02. The quantitative estimate of drug-likeness (QED) is 0.834. The van der Waals surface area contributed by atoms with Crippen molar-refractivity contribution in [2.24, 2.45) is 5.92 Å². The number of hydrogen-bond donors (Lipinski definition) is 1. The molecule has 0 amide bonds. The third-order valence-electron chi connectivity index (χ3n) is 3.59. The summed E-state index contributed by atoms with van der Waals surface area (Å²) in [5.74, 6) is 0.158. The minimum atomic E-state index is -0.185. The molecule has 1 N–H and O–H groups in total. The van der Waals surface area contributed by atoms with Gasteiger partial charge in [0, 0.05) is 6.54 Å². The molecule has 0 fully saturated rings. The highest BCUT2D eigenvalue weighted by Crippen LogP contribution is 2.20. The summed E-state index contributed by atoms with van der Waals surface area (Å²) < 4.78 is 5.50. The lowest BCUT2D eigenvalue weighted by molar-refractivity contribution is 0.0236. The summed E-state index contributed by atoms with van der Waals surface area (Å²) in [5.41, 5.74) is 3.10. The molecule has 1 heterocycles. The van der Waals surface area contributed by atoms with Gasteiger partial charge < -0.3 is 10.1 Å². The van der Waals surface area contributed by atoms with Crippen molar-refractivity contribution >= 4 is 5.97 Å². The number of rotatable bonds is 3. The number of benzene rings is 1. The number of fused-ring (bicyclic) bond motifs is 1. The average molecular weight is 247 g/mol. The molecule has 1 aliphatic heterocycles. The van der Waals surface area contributed by atoms with Crippen LogP contribution in [-0.4, -0.2) is 18.6 Å². The van der Waals surface area contributed by atoms with Crippen LogP contribution in [0.2, 0.25) is 0 Å². The van der Waals surface area contributed by atoms with Crippen molar-refractivity contribution in [3.05, 3.63) is 34.9 Å². The Labute approximate surface area is 109 Å². The van der Waals surface area contributed by atoms with Gasteiger partial charge in [0.15, 0.2) is 0 Å². The SMILES string of the molecule is CC(C)C(C)OC(=O)c1cccc2c1CCNC2. The second-order valence-electron chi connectivity index (χ2n) is 5.22. The maximum absolute atomic E-state index is 12.2. The van der Waals surface area contributed by atoms with Crippen LogP contribution in [0.4, 0.5) is 0 Å². The first-order valence-electron chi connectivity index (χ1n) is 6.62. The Balaban J connectivity index is 2.20. The summed E-state index contributed by atoms with van der Waals surface area (Å²) >= 11 is 0. The first kappa shape index (κ1) is 13.1. The molecule has 1 atom stereocenters. The van der Waals surface area contributed by atoms with Crippen molar-refractivity contribution in [3.63, 3.8) is 0 Å². The van der Waals surface area contributed by atoms with Crippen LogP contribution in [0.1, 0.15) is 42.3 Å². The zero-order valence-corrected chi connectivity index (χ0v) is 11.3. The van der Waals surface area contributed by atoms with Gasteiger partial charge in [0.1, 0.15) is 6.10 Å². The molecule has 1 aromatic carbocycles. The molecule has 3 heteroatoms. The van der Waals surface area contributed by atoms with Gasteiger partial charge in [0.25, 0.3) is 0 Å². The van der Waals surface area contributed by atoms with Crippen molar-refractivity contribution < 1.29 is 9.53 Å². The van der Waals surface area contributed by atoms with Crippen LogP contribution in [0.3, 0.4) is 0 Å². The molecule has 18 heavy (non-hydrogen) atoms. The Hall–Kier alpha value is -1.35. The van der Waals surface area contributed by atoms with E-state index in [-0.39, 0.29) is 12.1 Å². The van der Waals surface area contributed by atoms with Crippen LogP contribution in [-0.2, 0) is 17.7 Å². The van der Waals surface area contributed by atoms with Crippen molar-refractivity contribution in [3.8, 4) is 0 Å². The van der Waals surface area contributed by atoms with Crippen LogP contribution in [0.25, 0.3) is 0 Å². The molecule has 1 aliphatic rings. The van der Waals surface area contributed by atoms with E-state index in [0.717, 1.165) is 30.6 Å². The highest BCUT2D eigenvalue weighted by atomic mass is 16.5. The van der Waals surface area contributed by atoms with E-state index in [2.05, 4.69) is 25.2 Å². The molecule has 0 saturated carbocycles. The number of carbonyl (C=O) groups is 1. The highest BCUT2D eigenvalue weighted by Gasteiger charge is 2.20. The third kappa shape index (κ3) is 2.72. The van der Waals surface area contributed by atoms with Crippen molar-refractivity contribution in [2.45, 2.75) is 39.8 Å². The van der Waals surface area contributed by atoms with Gasteiger partial charge in [-0.3, -0.25) is 0 Å². The van der Waals surface area contributed by atoms with E-state index in [4.69, 9.17) is 4.74 Å².